The van der Waals surface area contributed by atoms with Gasteiger partial charge in [-0.1, -0.05) is 0 Å². The van der Waals surface area contributed by atoms with Crippen LogP contribution in [0.5, 0.6) is 0 Å². The van der Waals surface area contributed by atoms with Gasteiger partial charge in [-0.3, -0.25) is 4.79 Å². The van der Waals surface area contributed by atoms with E-state index in [0.717, 1.165) is 5.56 Å². The number of imidazole rings is 1. The Hall–Kier alpha value is -2.44. The number of rotatable bonds is 1. The third kappa shape index (κ3) is 1.14. The third-order valence-electron chi connectivity index (χ3n) is 2.36. The Balaban J connectivity index is 2.12. The maximum atomic E-state index is 11.8. The topological polar surface area (TPSA) is 101 Å². The number of fused-ring (bicyclic) bond motifs is 1. The van der Waals surface area contributed by atoms with Gasteiger partial charge in [0.25, 0.3) is 0 Å². The number of nitrogen functional groups attached to an aromatic ring is 1. The fraction of sp³-hybridized carbons (Fsp3) is 0.111. The summed E-state index contributed by atoms with van der Waals surface area (Å²) in [6.45, 7) is 0. The Labute approximate surface area is 90.3 Å². The van der Waals surface area contributed by atoms with Crippen molar-refractivity contribution in [1.29, 1.82) is 0 Å². The van der Waals surface area contributed by atoms with Gasteiger partial charge in [0, 0.05) is 11.8 Å². The lowest BCUT2D eigenvalue weighted by Crippen LogP contribution is -2.22. The molecule has 1 aliphatic heterocycles. The summed E-state index contributed by atoms with van der Waals surface area (Å²) in [5.41, 5.74) is 6.32. The van der Waals surface area contributed by atoms with Gasteiger partial charge in [0.05, 0.1) is 12.6 Å². The molecule has 0 radical (unpaired) electrons. The molecule has 7 nitrogen and oxygen atoms in total. The summed E-state index contributed by atoms with van der Waals surface area (Å²) in [6.07, 6.45) is 4.78. The van der Waals surface area contributed by atoms with Crippen LogP contribution in [0.1, 0.15) is 5.56 Å². The Morgan fingerprint density at radius 1 is 1.38 bits per heavy atom. The van der Waals surface area contributed by atoms with Gasteiger partial charge in [0.15, 0.2) is 0 Å². The van der Waals surface area contributed by atoms with Crippen molar-refractivity contribution < 1.29 is 4.79 Å². The van der Waals surface area contributed by atoms with Gasteiger partial charge in [-0.2, -0.15) is 0 Å². The molecule has 2 aromatic rings. The normalized spacial score (nSPS) is 14.2. The number of hydrogen-bond donors (Lipinski definition) is 2. The van der Waals surface area contributed by atoms with E-state index in [1.165, 1.54) is 17.4 Å². The lowest BCUT2D eigenvalue weighted by molar-refractivity contribution is -0.116. The molecule has 7 heteroatoms. The van der Waals surface area contributed by atoms with E-state index >= 15 is 0 Å². The molecule has 0 saturated heterocycles. The van der Waals surface area contributed by atoms with E-state index in [9.17, 15) is 4.79 Å². The molecule has 1 aliphatic rings. The van der Waals surface area contributed by atoms with Crippen LogP contribution in [0.25, 0.3) is 0 Å². The second-order valence-electron chi connectivity index (χ2n) is 3.44. The molecule has 0 unspecified atom stereocenters. The largest absolute Gasteiger partial charge is 0.384 e. The second kappa shape index (κ2) is 3.02. The molecule has 0 saturated carbocycles. The minimum absolute atomic E-state index is 0.0927. The van der Waals surface area contributed by atoms with Gasteiger partial charge in [-0.15, -0.1) is 0 Å². The Morgan fingerprint density at radius 2 is 2.25 bits per heavy atom. The number of amides is 1. The summed E-state index contributed by atoms with van der Waals surface area (Å²) in [4.78, 5) is 28.0. The zero-order chi connectivity index (χ0) is 11.1. The predicted octanol–water partition coefficient (Wildman–Crippen LogP) is 0.00270. The van der Waals surface area contributed by atoms with Crippen LogP contribution in [0, 0.1) is 0 Å². The molecule has 16 heavy (non-hydrogen) atoms. The first-order valence-corrected chi connectivity index (χ1v) is 4.68. The number of carbonyl (C=O) groups excluding carboxylic acids is 1. The maximum Gasteiger partial charge on any atom is 0.239 e. The van der Waals surface area contributed by atoms with Gasteiger partial charge in [0.1, 0.15) is 18.0 Å². The molecule has 1 amide bonds. The number of aromatic nitrogens is 4. The Bertz CT molecular complexity index is 563. The number of carbonyl (C=O) groups is 1. The molecule has 80 valence electrons. The first-order chi connectivity index (χ1) is 7.75. The van der Waals surface area contributed by atoms with Crippen LogP contribution >= 0.6 is 0 Å². The number of nitrogens with one attached hydrogen (secondary N) is 1. The lowest BCUT2D eigenvalue weighted by atomic mass is 10.3. The molecular formula is C9H8N6O. The van der Waals surface area contributed by atoms with E-state index in [-0.39, 0.29) is 12.3 Å². The summed E-state index contributed by atoms with van der Waals surface area (Å²) in [7, 11) is 0. The first kappa shape index (κ1) is 8.84. The van der Waals surface area contributed by atoms with Crippen LogP contribution in [0.15, 0.2) is 18.7 Å². The van der Waals surface area contributed by atoms with Crippen LogP contribution in [0.4, 0.5) is 17.6 Å². The van der Waals surface area contributed by atoms with Crippen molar-refractivity contribution in [2.45, 2.75) is 6.42 Å². The number of aromatic amines is 1. The van der Waals surface area contributed by atoms with Crippen molar-refractivity contribution in [3.63, 3.8) is 0 Å². The highest BCUT2D eigenvalue weighted by molar-refractivity contribution is 6.04. The monoisotopic (exact) mass is 216 g/mol. The lowest BCUT2D eigenvalue weighted by Gasteiger charge is -2.11. The molecule has 0 aromatic carbocycles. The number of nitrogens with two attached hydrogens (primary N) is 1. The van der Waals surface area contributed by atoms with Crippen LogP contribution in [-0.2, 0) is 11.2 Å². The average molecular weight is 216 g/mol. The third-order valence-corrected chi connectivity index (χ3v) is 2.36. The summed E-state index contributed by atoms with van der Waals surface area (Å²) in [5, 5.41) is 0. The number of anilines is 3. The smallest absolute Gasteiger partial charge is 0.239 e. The van der Waals surface area contributed by atoms with Crippen LogP contribution < -0.4 is 10.6 Å². The molecule has 0 aliphatic carbocycles. The van der Waals surface area contributed by atoms with Crippen molar-refractivity contribution in [2.24, 2.45) is 0 Å². The number of nitrogens with zero attached hydrogens (tertiary/aromatic N) is 4. The van der Waals surface area contributed by atoms with Gasteiger partial charge < -0.3 is 10.7 Å². The average Bonchev–Trinajstić information content (AvgIpc) is 2.80. The Kier molecular flexibility index (Phi) is 1.67. The van der Waals surface area contributed by atoms with E-state index in [4.69, 9.17) is 5.73 Å². The van der Waals surface area contributed by atoms with Crippen molar-refractivity contribution >= 4 is 23.5 Å². The maximum absolute atomic E-state index is 11.8. The Morgan fingerprint density at radius 3 is 3.00 bits per heavy atom. The highest BCUT2D eigenvalue weighted by Crippen LogP contribution is 2.30. The van der Waals surface area contributed by atoms with E-state index in [2.05, 4.69) is 19.9 Å². The zero-order valence-electron chi connectivity index (χ0n) is 8.21. The van der Waals surface area contributed by atoms with Gasteiger partial charge in [-0.05, 0) is 0 Å². The van der Waals surface area contributed by atoms with E-state index in [1.807, 2.05) is 0 Å². The zero-order valence-corrected chi connectivity index (χ0v) is 8.21. The molecule has 3 heterocycles. The fourth-order valence-electron chi connectivity index (χ4n) is 1.69. The molecule has 0 fully saturated rings. The standard InChI is InChI=1S/C9H8N6O/c10-6-3-12-9(14-6)15-7(16)1-5-2-11-4-13-8(5)15/h2-4H,1,10H2,(H,12,14). The summed E-state index contributed by atoms with van der Waals surface area (Å²) in [6, 6.07) is 0. The van der Waals surface area contributed by atoms with E-state index in [1.54, 1.807) is 6.20 Å². The van der Waals surface area contributed by atoms with Crippen LogP contribution in [0.3, 0.4) is 0 Å². The molecule has 3 rings (SSSR count). The predicted molar refractivity (Wildman–Crippen MR) is 55.9 cm³/mol. The van der Waals surface area contributed by atoms with Crippen LogP contribution in [-0.4, -0.2) is 25.8 Å². The minimum Gasteiger partial charge on any atom is -0.384 e. The molecule has 0 bridgehead atoms. The van der Waals surface area contributed by atoms with Crippen molar-refractivity contribution in [1.82, 2.24) is 19.9 Å². The molecule has 0 spiro atoms. The summed E-state index contributed by atoms with van der Waals surface area (Å²) >= 11 is 0. The highest BCUT2D eigenvalue weighted by Gasteiger charge is 2.31. The van der Waals surface area contributed by atoms with Crippen LogP contribution in [0.2, 0.25) is 0 Å². The minimum atomic E-state index is -0.0927. The molecule has 3 N–H and O–H groups in total. The first-order valence-electron chi connectivity index (χ1n) is 4.68. The summed E-state index contributed by atoms with van der Waals surface area (Å²) in [5.74, 6) is 1.27. The number of hydrogen-bond acceptors (Lipinski definition) is 5. The van der Waals surface area contributed by atoms with Gasteiger partial charge in [-0.25, -0.2) is 19.9 Å². The molecular weight excluding hydrogens is 208 g/mol. The van der Waals surface area contributed by atoms with E-state index < -0.39 is 0 Å². The van der Waals surface area contributed by atoms with Crippen molar-refractivity contribution in [3.05, 3.63) is 24.3 Å². The molecule has 2 aromatic heterocycles. The van der Waals surface area contributed by atoms with E-state index in [0.29, 0.717) is 17.6 Å². The molecule has 0 atom stereocenters. The quantitative estimate of drug-likeness (QED) is 0.698. The van der Waals surface area contributed by atoms with Gasteiger partial charge >= 0.3 is 0 Å². The van der Waals surface area contributed by atoms with Crippen molar-refractivity contribution in [2.75, 3.05) is 10.6 Å². The summed E-state index contributed by atoms with van der Waals surface area (Å²) < 4.78 is 0. The van der Waals surface area contributed by atoms with Crippen molar-refractivity contribution in [3.8, 4) is 0 Å². The second-order valence-corrected chi connectivity index (χ2v) is 3.44. The highest BCUT2D eigenvalue weighted by atomic mass is 16.2. The SMILES string of the molecule is Nc1cnc(N2C(=O)Cc3cncnc32)[nH]1. The fourth-order valence-corrected chi connectivity index (χ4v) is 1.69. The number of H-pyrrole nitrogens is 1. The van der Waals surface area contributed by atoms with Gasteiger partial charge in [0.2, 0.25) is 11.9 Å².